The van der Waals surface area contributed by atoms with Crippen LogP contribution >= 0.6 is 15.9 Å². The first-order valence-electron chi connectivity index (χ1n) is 4.32. The third-order valence-corrected chi connectivity index (χ3v) is 3.93. The summed E-state index contributed by atoms with van der Waals surface area (Å²) in [6, 6.07) is 6.90. The van der Waals surface area contributed by atoms with Crippen LogP contribution in [0.1, 0.15) is 17.0 Å². The van der Waals surface area contributed by atoms with E-state index in [-0.39, 0.29) is 0 Å². The Labute approximate surface area is 80.1 Å². The van der Waals surface area contributed by atoms with Crippen LogP contribution in [0.5, 0.6) is 0 Å². The lowest BCUT2D eigenvalue weighted by Crippen LogP contribution is -2.08. The van der Waals surface area contributed by atoms with Gasteiger partial charge in [0.1, 0.15) is 0 Å². The summed E-state index contributed by atoms with van der Waals surface area (Å²) in [6.07, 6.45) is 1.18. The Morgan fingerprint density at radius 2 is 2.25 bits per heavy atom. The summed E-state index contributed by atoms with van der Waals surface area (Å²) in [7, 11) is 0. The van der Waals surface area contributed by atoms with Crippen molar-refractivity contribution in [2.24, 2.45) is 11.7 Å². The fourth-order valence-corrected chi connectivity index (χ4v) is 2.98. The zero-order valence-corrected chi connectivity index (χ0v) is 8.21. The summed E-state index contributed by atoms with van der Waals surface area (Å²) in [5.74, 6) is 1.43. The molecule has 1 saturated carbocycles. The largest absolute Gasteiger partial charge is 0.327 e. The SMILES string of the molecule is N[C@@H]1[C@@H]2Cc3c(Br)cccc3[C@H]12. The van der Waals surface area contributed by atoms with E-state index in [1.807, 2.05) is 0 Å². The molecule has 62 valence electrons. The molecule has 3 atom stereocenters. The summed E-state index contributed by atoms with van der Waals surface area (Å²) in [4.78, 5) is 0. The second-order valence-corrected chi connectivity index (χ2v) is 4.63. The molecule has 0 aromatic heterocycles. The highest BCUT2D eigenvalue weighted by molar-refractivity contribution is 9.10. The lowest BCUT2D eigenvalue weighted by Gasteiger charge is -2.05. The summed E-state index contributed by atoms with van der Waals surface area (Å²) in [5.41, 5.74) is 8.90. The van der Waals surface area contributed by atoms with Crippen LogP contribution in [0.3, 0.4) is 0 Å². The molecule has 1 nitrogen and oxygen atoms in total. The van der Waals surface area contributed by atoms with Crippen molar-refractivity contribution in [2.45, 2.75) is 18.4 Å². The molecular formula is C10H10BrN. The van der Waals surface area contributed by atoms with Crippen molar-refractivity contribution in [1.29, 1.82) is 0 Å². The van der Waals surface area contributed by atoms with Crippen molar-refractivity contribution in [3.8, 4) is 0 Å². The van der Waals surface area contributed by atoms with Crippen LogP contribution < -0.4 is 5.73 Å². The number of benzene rings is 1. The smallest absolute Gasteiger partial charge is 0.0210 e. The highest BCUT2D eigenvalue weighted by Crippen LogP contribution is 2.56. The molecule has 0 amide bonds. The van der Waals surface area contributed by atoms with Gasteiger partial charge in [0.05, 0.1) is 0 Å². The Balaban J connectivity index is 2.16. The number of nitrogens with two attached hydrogens (primary N) is 1. The molecule has 0 aliphatic heterocycles. The molecule has 0 bridgehead atoms. The molecule has 12 heavy (non-hydrogen) atoms. The third kappa shape index (κ3) is 0.723. The van der Waals surface area contributed by atoms with E-state index < -0.39 is 0 Å². The summed E-state index contributed by atoms with van der Waals surface area (Å²) < 4.78 is 1.26. The van der Waals surface area contributed by atoms with Crippen LogP contribution in [0.4, 0.5) is 0 Å². The van der Waals surface area contributed by atoms with Gasteiger partial charge >= 0.3 is 0 Å². The molecule has 1 fully saturated rings. The zero-order valence-electron chi connectivity index (χ0n) is 6.63. The standard InChI is InChI=1S/C10H10BrN/c11-8-3-1-2-5-6(8)4-7-9(5)10(7)12/h1-3,7,9-10H,4,12H2/t7-,9+,10-/m1/s1. The van der Waals surface area contributed by atoms with Gasteiger partial charge in [-0.25, -0.2) is 0 Å². The van der Waals surface area contributed by atoms with Gasteiger partial charge in [-0.3, -0.25) is 0 Å². The Morgan fingerprint density at radius 1 is 1.42 bits per heavy atom. The van der Waals surface area contributed by atoms with Gasteiger partial charge in [0, 0.05) is 16.4 Å². The Hall–Kier alpha value is -0.340. The molecule has 2 N–H and O–H groups in total. The van der Waals surface area contributed by atoms with E-state index in [1.54, 1.807) is 0 Å². The van der Waals surface area contributed by atoms with Crippen molar-refractivity contribution in [3.05, 3.63) is 33.8 Å². The lowest BCUT2D eigenvalue weighted by atomic mass is 10.1. The van der Waals surface area contributed by atoms with Crippen molar-refractivity contribution in [2.75, 3.05) is 0 Å². The average molecular weight is 224 g/mol. The molecule has 1 aromatic rings. The van der Waals surface area contributed by atoms with E-state index >= 15 is 0 Å². The fourth-order valence-electron chi connectivity index (χ4n) is 2.44. The van der Waals surface area contributed by atoms with Crippen LogP contribution in [-0.2, 0) is 6.42 Å². The minimum absolute atomic E-state index is 0.451. The Morgan fingerprint density at radius 3 is 3.08 bits per heavy atom. The van der Waals surface area contributed by atoms with Crippen LogP contribution in [-0.4, -0.2) is 6.04 Å². The molecule has 0 spiro atoms. The molecular weight excluding hydrogens is 214 g/mol. The minimum Gasteiger partial charge on any atom is -0.327 e. The van der Waals surface area contributed by atoms with Crippen LogP contribution in [0.15, 0.2) is 22.7 Å². The van der Waals surface area contributed by atoms with E-state index in [0.29, 0.717) is 12.0 Å². The molecule has 0 saturated heterocycles. The maximum Gasteiger partial charge on any atom is 0.0210 e. The van der Waals surface area contributed by atoms with E-state index in [9.17, 15) is 0 Å². The maximum absolute atomic E-state index is 5.92. The molecule has 2 heteroatoms. The summed E-state index contributed by atoms with van der Waals surface area (Å²) in [6.45, 7) is 0. The van der Waals surface area contributed by atoms with E-state index in [2.05, 4.69) is 34.1 Å². The van der Waals surface area contributed by atoms with Gasteiger partial charge in [-0.15, -0.1) is 0 Å². The molecule has 0 unspecified atom stereocenters. The number of hydrogen-bond donors (Lipinski definition) is 1. The van der Waals surface area contributed by atoms with Crippen molar-refractivity contribution in [3.63, 3.8) is 0 Å². The van der Waals surface area contributed by atoms with Gasteiger partial charge in [-0.1, -0.05) is 28.1 Å². The zero-order chi connectivity index (χ0) is 8.29. The number of fused-ring (bicyclic) bond motifs is 3. The highest BCUT2D eigenvalue weighted by Gasteiger charge is 2.53. The molecule has 0 heterocycles. The predicted molar refractivity (Wildman–Crippen MR) is 52.1 cm³/mol. The number of hydrogen-bond acceptors (Lipinski definition) is 1. The highest BCUT2D eigenvalue weighted by atomic mass is 79.9. The van der Waals surface area contributed by atoms with Gasteiger partial charge < -0.3 is 5.73 Å². The molecule has 3 rings (SSSR count). The Bertz CT molecular complexity index is 348. The molecule has 2 aliphatic rings. The van der Waals surface area contributed by atoms with Crippen molar-refractivity contribution in [1.82, 2.24) is 0 Å². The number of rotatable bonds is 0. The van der Waals surface area contributed by atoms with E-state index in [1.165, 1.54) is 22.0 Å². The first-order chi connectivity index (χ1) is 5.79. The van der Waals surface area contributed by atoms with Crippen LogP contribution in [0.2, 0.25) is 0 Å². The van der Waals surface area contributed by atoms with Gasteiger partial charge in [-0.05, 0) is 29.5 Å². The summed E-state index contributed by atoms with van der Waals surface area (Å²) in [5, 5.41) is 0. The quantitative estimate of drug-likeness (QED) is 0.717. The molecule has 1 aromatic carbocycles. The Kier molecular flexibility index (Phi) is 1.25. The van der Waals surface area contributed by atoms with Crippen molar-refractivity contribution >= 4 is 15.9 Å². The first kappa shape index (κ1) is 7.10. The van der Waals surface area contributed by atoms with Gasteiger partial charge in [0.2, 0.25) is 0 Å². The second kappa shape index (κ2) is 2.12. The second-order valence-electron chi connectivity index (χ2n) is 3.78. The lowest BCUT2D eigenvalue weighted by molar-refractivity contribution is 0.799. The van der Waals surface area contributed by atoms with Gasteiger partial charge in [0.25, 0.3) is 0 Å². The van der Waals surface area contributed by atoms with Crippen LogP contribution in [0.25, 0.3) is 0 Å². The summed E-state index contributed by atoms with van der Waals surface area (Å²) >= 11 is 3.57. The normalized spacial score (nSPS) is 36.0. The fraction of sp³-hybridized carbons (Fsp3) is 0.400. The van der Waals surface area contributed by atoms with E-state index in [4.69, 9.17) is 5.73 Å². The third-order valence-electron chi connectivity index (χ3n) is 3.18. The minimum atomic E-state index is 0.451. The van der Waals surface area contributed by atoms with Crippen molar-refractivity contribution < 1.29 is 0 Å². The van der Waals surface area contributed by atoms with Gasteiger partial charge in [0.15, 0.2) is 0 Å². The van der Waals surface area contributed by atoms with Gasteiger partial charge in [-0.2, -0.15) is 0 Å². The van der Waals surface area contributed by atoms with Crippen LogP contribution in [0, 0.1) is 5.92 Å². The maximum atomic E-state index is 5.92. The van der Waals surface area contributed by atoms with E-state index in [0.717, 1.165) is 5.92 Å². The molecule has 2 aliphatic carbocycles. The average Bonchev–Trinajstić information content (AvgIpc) is 2.57. The first-order valence-corrected chi connectivity index (χ1v) is 5.11. The predicted octanol–water partition coefficient (Wildman–Crippen LogP) is 2.05. The monoisotopic (exact) mass is 223 g/mol. The molecule has 0 radical (unpaired) electrons. The number of halogens is 1. The topological polar surface area (TPSA) is 26.0 Å².